The first-order valence-corrected chi connectivity index (χ1v) is 9.11. The predicted octanol–water partition coefficient (Wildman–Crippen LogP) is 2.43. The molecule has 0 atom stereocenters. The predicted molar refractivity (Wildman–Crippen MR) is 86.6 cm³/mol. The van der Waals surface area contributed by atoms with Crippen LogP contribution in [0.3, 0.4) is 0 Å². The summed E-state index contributed by atoms with van der Waals surface area (Å²) in [5, 5.41) is 0. The summed E-state index contributed by atoms with van der Waals surface area (Å²) in [6, 6.07) is 3.22. The smallest absolute Gasteiger partial charge is 0.240 e. The summed E-state index contributed by atoms with van der Waals surface area (Å²) in [6.45, 7) is 2.87. The number of nitrogen functional groups attached to an aromatic ring is 1. The number of nitrogens with two attached hydrogens (primary N) is 1. The molecule has 0 saturated heterocycles. The molecule has 21 heavy (non-hydrogen) atoms. The Hall–Kier alpha value is -0.630. The Morgan fingerprint density at radius 3 is 2.67 bits per heavy atom. The molecule has 1 fully saturated rings. The molecule has 7 heteroatoms. The van der Waals surface area contributed by atoms with E-state index in [1.54, 1.807) is 20.1 Å². The van der Waals surface area contributed by atoms with Crippen molar-refractivity contribution in [2.45, 2.75) is 31.1 Å². The molecular weight excluding hydrogens is 356 g/mol. The van der Waals surface area contributed by atoms with Crippen LogP contribution >= 0.6 is 15.9 Å². The highest BCUT2D eigenvalue weighted by Gasteiger charge is 2.42. The molecule has 1 aromatic carbocycles. The molecule has 3 N–H and O–H groups in total. The molecule has 0 aliphatic heterocycles. The average Bonchev–Trinajstić information content (AvgIpc) is 3.19. The number of halogens is 1. The molecule has 0 radical (unpaired) electrons. The van der Waals surface area contributed by atoms with Crippen molar-refractivity contribution < 1.29 is 13.2 Å². The van der Waals surface area contributed by atoms with Crippen molar-refractivity contribution in [2.75, 3.05) is 26.0 Å². The van der Waals surface area contributed by atoms with Gasteiger partial charge in [-0.15, -0.1) is 0 Å². The van der Waals surface area contributed by atoms with Crippen LogP contribution in [0, 0.1) is 12.3 Å². The number of anilines is 1. The van der Waals surface area contributed by atoms with Crippen LogP contribution in [-0.2, 0) is 14.8 Å². The van der Waals surface area contributed by atoms with Gasteiger partial charge in [-0.25, -0.2) is 13.1 Å². The van der Waals surface area contributed by atoms with E-state index in [-0.39, 0.29) is 10.3 Å². The van der Waals surface area contributed by atoms with Crippen LogP contribution in [-0.4, -0.2) is 28.7 Å². The third-order valence-electron chi connectivity index (χ3n) is 4.01. The van der Waals surface area contributed by atoms with E-state index < -0.39 is 10.0 Å². The maximum Gasteiger partial charge on any atom is 0.240 e. The second-order valence-corrected chi connectivity index (χ2v) is 8.30. The van der Waals surface area contributed by atoms with Gasteiger partial charge in [-0.2, -0.15) is 0 Å². The first-order chi connectivity index (χ1) is 9.80. The van der Waals surface area contributed by atoms with Crippen LogP contribution in [0.15, 0.2) is 21.5 Å². The van der Waals surface area contributed by atoms with E-state index in [1.165, 1.54) is 6.07 Å². The van der Waals surface area contributed by atoms with Gasteiger partial charge < -0.3 is 10.5 Å². The lowest BCUT2D eigenvalue weighted by Gasteiger charge is -2.17. The Labute approximate surface area is 134 Å². The Bertz CT molecular complexity index is 627. The Morgan fingerprint density at radius 2 is 2.10 bits per heavy atom. The number of nitrogens with one attached hydrogen (secondary N) is 1. The molecule has 0 heterocycles. The average molecular weight is 377 g/mol. The molecule has 0 spiro atoms. The van der Waals surface area contributed by atoms with Gasteiger partial charge in [0.15, 0.2) is 0 Å². The molecular formula is C14H21BrN2O3S. The molecule has 0 amide bonds. The van der Waals surface area contributed by atoms with E-state index in [2.05, 4.69) is 20.7 Å². The van der Waals surface area contributed by atoms with E-state index in [0.29, 0.717) is 28.9 Å². The quantitative estimate of drug-likeness (QED) is 0.716. The Balaban J connectivity index is 2.11. The van der Waals surface area contributed by atoms with E-state index in [4.69, 9.17) is 10.5 Å². The fraction of sp³-hybridized carbons (Fsp3) is 0.571. The second-order valence-electron chi connectivity index (χ2n) is 5.71. The van der Waals surface area contributed by atoms with Crippen LogP contribution in [0.5, 0.6) is 0 Å². The first-order valence-electron chi connectivity index (χ1n) is 6.84. The van der Waals surface area contributed by atoms with Crippen molar-refractivity contribution in [3.63, 3.8) is 0 Å². The summed E-state index contributed by atoms with van der Waals surface area (Å²) in [7, 11) is -1.88. The van der Waals surface area contributed by atoms with Crippen molar-refractivity contribution >= 4 is 31.6 Å². The van der Waals surface area contributed by atoms with Crippen molar-refractivity contribution in [3.8, 4) is 0 Å². The summed E-state index contributed by atoms with van der Waals surface area (Å²) < 4.78 is 33.4. The molecule has 0 unspecified atom stereocenters. The standard InChI is InChI=1S/C14H21BrN2O3S/c1-10-7-11(15)12(16)8-13(10)21(18,19)17-9-14(3-4-14)5-6-20-2/h7-8,17H,3-6,9,16H2,1-2H3. The third kappa shape index (κ3) is 3.97. The SMILES string of the molecule is COCCC1(CNS(=O)(=O)c2cc(N)c(Br)cc2C)CC1. The topological polar surface area (TPSA) is 81.4 Å². The highest BCUT2D eigenvalue weighted by molar-refractivity contribution is 9.10. The zero-order valence-corrected chi connectivity index (χ0v) is 14.7. The summed E-state index contributed by atoms with van der Waals surface area (Å²) >= 11 is 3.30. The number of benzene rings is 1. The largest absolute Gasteiger partial charge is 0.398 e. The lowest BCUT2D eigenvalue weighted by Crippen LogP contribution is -2.31. The molecule has 2 rings (SSSR count). The van der Waals surface area contributed by atoms with Crippen molar-refractivity contribution in [3.05, 3.63) is 22.2 Å². The summed E-state index contributed by atoms with van der Waals surface area (Å²) in [5.74, 6) is 0. The summed E-state index contributed by atoms with van der Waals surface area (Å²) in [5.41, 5.74) is 6.95. The van der Waals surface area contributed by atoms with Gasteiger partial charge in [-0.05, 0) is 65.2 Å². The molecule has 5 nitrogen and oxygen atoms in total. The monoisotopic (exact) mass is 376 g/mol. The van der Waals surface area contributed by atoms with Gasteiger partial charge in [-0.3, -0.25) is 0 Å². The van der Waals surface area contributed by atoms with Gasteiger partial charge in [0.05, 0.1) is 4.90 Å². The number of ether oxygens (including phenoxy) is 1. The van der Waals surface area contributed by atoms with Gasteiger partial charge in [0.2, 0.25) is 10.0 Å². The van der Waals surface area contributed by atoms with Crippen LogP contribution in [0.2, 0.25) is 0 Å². The highest BCUT2D eigenvalue weighted by Crippen LogP contribution is 2.48. The van der Waals surface area contributed by atoms with E-state index in [9.17, 15) is 8.42 Å². The zero-order chi connectivity index (χ0) is 15.7. The van der Waals surface area contributed by atoms with Crippen molar-refractivity contribution in [2.24, 2.45) is 5.41 Å². The number of aryl methyl sites for hydroxylation is 1. The van der Waals surface area contributed by atoms with Gasteiger partial charge in [0.25, 0.3) is 0 Å². The maximum atomic E-state index is 12.5. The van der Waals surface area contributed by atoms with Gasteiger partial charge >= 0.3 is 0 Å². The molecule has 1 saturated carbocycles. The molecule has 118 valence electrons. The number of hydrogen-bond donors (Lipinski definition) is 2. The van der Waals surface area contributed by atoms with Crippen LogP contribution in [0.1, 0.15) is 24.8 Å². The molecule has 1 aliphatic rings. The molecule has 0 bridgehead atoms. The minimum Gasteiger partial charge on any atom is -0.398 e. The minimum atomic E-state index is -3.54. The van der Waals surface area contributed by atoms with E-state index in [1.807, 2.05) is 0 Å². The maximum absolute atomic E-state index is 12.5. The van der Waals surface area contributed by atoms with Crippen molar-refractivity contribution in [1.29, 1.82) is 0 Å². The van der Waals surface area contributed by atoms with Crippen LogP contribution < -0.4 is 10.5 Å². The van der Waals surface area contributed by atoms with Crippen molar-refractivity contribution in [1.82, 2.24) is 4.72 Å². The second kappa shape index (κ2) is 6.24. The first kappa shape index (κ1) is 16.7. The number of sulfonamides is 1. The molecule has 1 aliphatic carbocycles. The van der Waals surface area contributed by atoms with Gasteiger partial charge in [0.1, 0.15) is 0 Å². The summed E-state index contributed by atoms with van der Waals surface area (Å²) in [4.78, 5) is 0.241. The van der Waals surface area contributed by atoms with Gasteiger partial charge in [-0.1, -0.05) is 0 Å². The Morgan fingerprint density at radius 1 is 1.43 bits per heavy atom. The highest BCUT2D eigenvalue weighted by atomic mass is 79.9. The normalized spacial score (nSPS) is 16.9. The molecule has 0 aromatic heterocycles. The zero-order valence-electron chi connectivity index (χ0n) is 12.3. The Kier molecular flexibility index (Phi) is 4.97. The minimum absolute atomic E-state index is 0.0674. The fourth-order valence-electron chi connectivity index (χ4n) is 2.29. The summed E-state index contributed by atoms with van der Waals surface area (Å²) in [6.07, 6.45) is 2.97. The lowest BCUT2D eigenvalue weighted by molar-refractivity contribution is 0.173. The number of hydrogen-bond acceptors (Lipinski definition) is 4. The van der Waals surface area contributed by atoms with Crippen LogP contribution in [0.4, 0.5) is 5.69 Å². The lowest BCUT2D eigenvalue weighted by atomic mass is 10.0. The fourth-order valence-corrected chi connectivity index (χ4v) is 4.17. The number of methoxy groups -OCH3 is 1. The van der Waals surface area contributed by atoms with Crippen LogP contribution in [0.25, 0.3) is 0 Å². The third-order valence-corrected chi connectivity index (χ3v) is 6.24. The van der Waals surface area contributed by atoms with Gasteiger partial charge in [0, 0.05) is 30.4 Å². The molecule has 1 aromatic rings. The van der Waals surface area contributed by atoms with E-state index in [0.717, 1.165) is 19.3 Å². The number of rotatable bonds is 7. The van der Waals surface area contributed by atoms with E-state index >= 15 is 0 Å².